The monoisotopic (exact) mass is 278 g/mol. The van der Waals surface area contributed by atoms with E-state index in [4.69, 9.17) is 4.52 Å². The summed E-state index contributed by atoms with van der Waals surface area (Å²) in [6, 6.07) is 1.91. The number of aromatic nitrogens is 1. The lowest BCUT2D eigenvalue weighted by Crippen LogP contribution is -2.49. The molecule has 0 radical (unpaired) electrons. The van der Waals surface area contributed by atoms with Gasteiger partial charge in [-0.05, 0) is 39.8 Å². The first-order valence-electron chi connectivity index (χ1n) is 7.45. The number of hydrogen-bond donors (Lipinski definition) is 0. The Labute approximate surface area is 121 Å². The molecule has 20 heavy (non-hydrogen) atoms. The lowest BCUT2D eigenvalue weighted by molar-refractivity contribution is -0.128. The molecule has 2 heterocycles. The van der Waals surface area contributed by atoms with Gasteiger partial charge in [0.1, 0.15) is 5.76 Å². The molecule has 0 aromatic carbocycles. The van der Waals surface area contributed by atoms with Gasteiger partial charge in [0.2, 0.25) is 0 Å². The van der Waals surface area contributed by atoms with E-state index in [1.807, 2.05) is 19.9 Å². The molecule has 0 unspecified atom stereocenters. The van der Waals surface area contributed by atoms with Crippen molar-refractivity contribution in [1.29, 1.82) is 0 Å². The van der Waals surface area contributed by atoms with Crippen molar-refractivity contribution in [3.05, 3.63) is 17.5 Å². The summed E-state index contributed by atoms with van der Waals surface area (Å²) in [4.78, 5) is 14.8. The Balaban J connectivity index is 2.05. The minimum atomic E-state index is -0.405. The zero-order valence-corrected chi connectivity index (χ0v) is 13.3. The average Bonchev–Trinajstić information content (AvgIpc) is 2.98. The molecule has 0 N–H and O–H groups in total. The average molecular weight is 278 g/mol. The quantitative estimate of drug-likeness (QED) is 0.849. The molecule has 1 aromatic rings. The normalized spacial score (nSPS) is 17.6. The number of hydrogen-bond acceptors (Lipinski definition) is 4. The summed E-state index contributed by atoms with van der Waals surface area (Å²) in [5, 5.41) is 4.05. The van der Waals surface area contributed by atoms with E-state index in [-0.39, 0.29) is 11.2 Å². The second-order valence-corrected chi connectivity index (χ2v) is 7.29. The predicted molar refractivity (Wildman–Crippen MR) is 78.8 cm³/mol. The molecule has 1 aromatic heterocycles. The van der Waals surface area contributed by atoms with Crippen LogP contribution in [-0.2, 0) is 16.6 Å². The molecule has 0 spiro atoms. The first-order chi connectivity index (χ1) is 9.21. The molecule has 1 aliphatic heterocycles. The Kier molecular flexibility index (Phi) is 4.05. The van der Waals surface area contributed by atoms with Gasteiger partial charge < -0.3 is 4.52 Å². The molecule has 0 saturated carbocycles. The maximum atomic E-state index is 12.6. The van der Waals surface area contributed by atoms with Crippen LogP contribution in [0.2, 0.25) is 0 Å². The van der Waals surface area contributed by atoms with Crippen molar-refractivity contribution >= 4 is 5.78 Å². The van der Waals surface area contributed by atoms with E-state index in [1.165, 1.54) is 12.8 Å². The third kappa shape index (κ3) is 3.11. The number of likely N-dealkylation sites (tertiary alicyclic amines) is 1. The lowest BCUT2D eigenvalue weighted by atomic mass is 9.91. The molecule has 112 valence electrons. The van der Waals surface area contributed by atoms with E-state index >= 15 is 0 Å². The molecule has 2 rings (SSSR count). The van der Waals surface area contributed by atoms with Crippen LogP contribution in [-0.4, -0.2) is 34.5 Å². The Morgan fingerprint density at radius 1 is 1.25 bits per heavy atom. The second kappa shape index (κ2) is 5.32. The zero-order valence-electron chi connectivity index (χ0n) is 13.3. The summed E-state index contributed by atoms with van der Waals surface area (Å²) in [7, 11) is 0. The summed E-state index contributed by atoms with van der Waals surface area (Å²) < 4.78 is 5.35. The molecule has 0 aliphatic carbocycles. The summed E-state index contributed by atoms with van der Waals surface area (Å²) in [6.45, 7) is 12.3. The van der Waals surface area contributed by atoms with E-state index in [2.05, 4.69) is 30.8 Å². The van der Waals surface area contributed by atoms with Crippen LogP contribution in [0.4, 0.5) is 0 Å². The molecule has 0 amide bonds. The Hall–Kier alpha value is -1.16. The first kappa shape index (κ1) is 15.2. The highest BCUT2D eigenvalue weighted by Crippen LogP contribution is 2.25. The van der Waals surface area contributed by atoms with E-state index in [0.29, 0.717) is 6.42 Å². The van der Waals surface area contributed by atoms with Crippen molar-refractivity contribution < 1.29 is 9.32 Å². The fourth-order valence-electron chi connectivity index (χ4n) is 2.58. The van der Waals surface area contributed by atoms with Gasteiger partial charge in [-0.15, -0.1) is 0 Å². The number of carbonyl (C=O) groups excluding carboxylic acids is 1. The summed E-state index contributed by atoms with van der Waals surface area (Å²) >= 11 is 0. The van der Waals surface area contributed by atoms with Crippen molar-refractivity contribution in [3.8, 4) is 0 Å². The van der Waals surface area contributed by atoms with E-state index in [0.717, 1.165) is 24.5 Å². The molecule has 1 saturated heterocycles. The zero-order chi connectivity index (χ0) is 15.0. The number of ketones is 1. The van der Waals surface area contributed by atoms with Gasteiger partial charge in [0, 0.05) is 11.5 Å². The molecular formula is C16H26N2O2. The van der Waals surface area contributed by atoms with Crippen LogP contribution >= 0.6 is 0 Å². The first-order valence-corrected chi connectivity index (χ1v) is 7.45. The Morgan fingerprint density at radius 3 is 2.35 bits per heavy atom. The summed E-state index contributed by atoms with van der Waals surface area (Å²) in [5.74, 6) is 1.05. The standard InChI is InChI=1S/C16H26N2O2/c1-15(2,3)14-11-12(17-20-14)10-13(19)16(4,5)18-8-6-7-9-18/h11H,6-10H2,1-5H3. The van der Waals surface area contributed by atoms with E-state index in [1.54, 1.807) is 0 Å². The highest BCUT2D eigenvalue weighted by atomic mass is 16.5. The van der Waals surface area contributed by atoms with Gasteiger partial charge in [-0.2, -0.15) is 0 Å². The SMILES string of the molecule is CC(C)(C)c1cc(CC(=O)C(C)(C)N2CCCC2)no1. The topological polar surface area (TPSA) is 46.3 Å². The maximum Gasteiger partial charge on any atom is 0.158 e. The van der Waals surface area contributed by atoms with E-state index in [9.17, 15) is 4.79 Å². The van der Waals surface area contributed by atoms with Gasteiger partial charge in [0.05, 0.1) is 17.7 Å². The number of nitrogens with zero attached hydrogens (tertiary/aromatic N) is 2. The van der Waals surface area contributed by atoms with Crippen molar-refractivity contribution in [3.63, 3.8) is 0 Å². The largest absolute Gasteiger partial charge is 0.361 e. The van der Waals surface area contributed by atoms with Crippen LogP contribution < -0.4 is 0 Å². The Bertz CT molecular complexity index is 477. The van der Waals surface area contributed by atoms with Gasteiger partial charge >= 0.3 is 0 Å². The fraction of sp³-hybridized carbons (Fsp3) is 0.750. The fourth-order valence-corrected chi connectivity index (χ4v) is 2.58. The predicted octanol–water partition coefficient (Wildman–Crippen LogP) is 2.96. The highest BCUT2D eigenvalue weighted by Gasteiger charge is 2.36. The molecule has 0 bridgehead atoms. The minimum Gasteiger partial charge on any atom is -0.361 e. The molecule has 4 nitrogen and oxygen atoms in total. The van der Waals surface area contributed by atoms with Gasteiger partial charge in [-0.25, -0.2) is 0 Å². The minimum absolute atomic E-state index is 0.0707. The number of carbonyl (C=O) groups is 1. The molecule has 0 atom stereocenters. The van der Waals surface area contributed by atoms with Crippen molar-refractivity contribution in [2.75, 3.05) is 13.1 Å². The van der Waals surface area contributed by atoms with Gasteiger partial charge in [-0.1, -0.05) is 25.9 Å². The van der Waals surface area contributed by atoms with Crippen molar-refractivity contribution in [2.45, 2.75) is 64.8 Å². The smallest absolute Gasteiger partial charge is 0.158 e. The van der Waals surface area contributed by atoms with Crippen LogP contribution in [0.15, 0.2) is 10.6 Å². The van der Waals surface area contributed by atoms with Crippen LogP contribution in [0.5, 0.6) is 0 Å². The van der Waals surface area contributed by atoms with Crippen LogP contribution in [0, 0.1) is 0 Å². The Morgan fingerprint density at radius 2 is 1.85 bits per heavy atom. The highest BCUT2D eigenvalue weighted by molar-refractivity contribution is 5.89. The number of rotatable bonds is 4. The van der Waals surface area contributed by atoms with Gasteiger partial charge in [0.25, 0.3) is 0 Å². The lowest BCUT2D eigenvalue weighted by Gasteiger charge is -2.33. The van der Waals surface area contributed by atoms with E-state index < -0.39 is 5.54 Å². The molecular weight excluding hydrogens is 252 g/mol. The second-order valence-electron chi connectivity index (χ2n) is 7.29. The van der Waals surface area contributed by atoms with Gasteiger partial charge in [0.15, 0.2) is 5.78 Å². The van der Waals surface area contributed by atoms with Crippen LogP contribution in [0.25, 0.3) is 0 Å². The third-order valence-corrected chi connectivity index (χ3v) is 4.22. The van der Waals surface area contributed by atoms with Crippen molar-refractivity contribution in [2.24, 2.45) is 0 Å². The summed E-state index contributed by atoms with van der Waals surface area (Å²) in [6.07, 6.45) is 2.73. The van der Waals surface area contributed by atoms with Gasteiger partial charge in [-0.3, -0.25) is 9.69 Å². The number of Topliss-reactive ketones (excluding diaryl/α,β-unsaturated/α-hetero) is 1. The van der Waals surface area contributed by atoms with Crippen LogP contribution in [0.3, 0.4) is 0 Å². The molecule has 1 aliphatic rings. The molecule has 4 heteroatoms. The van der Waals surface area contributed by atoms with Crippen LogP contribution in [0.1, 0.15) is 58.9 Å². The third-order valence-electron chi connectivity index (χ3n) is 4.22. The maximum absolute atomic E-state index is 12.6. The molecule has 1 fully saturated rings. The van der Waals surface area contributed by atoms with Crippen molar-refractivity contribution in [1.82, 2.24) is 10.1 Å². The summed E-state index contributed by atoms with van der Waals surface area (Å²) in [5.41, 5.74) is 0.267.